The normalized spacial score (nSPS) is 32.2. The number of piperidine rings is 3. The molecule has 2 unspecified atom stereocenters. The molecule has 118 valence electrons. The Morgan fingerprint density at radius 2 is 2.10 bits per heavy atom. The van der Waals surface area contributed by atoms with Gasteiger partial charge >= 0.3 is 0 Å². The summed E-state index contributed by atoms with van der Waals surface area (Å²) in [6, 6.07) is 0.292. The highest BCUT2D eigenvalue weighted by Gasteiger charge is 2.43. The average molecular weight is 293 g/mol. The first kappa shape index (κ1) is 14.8. The maximum Gasteiger partial charge on any atom is 0.228 e. The van der Waals surface area contributed by atoms with E-state index in [-0.39, 0.29) is 11.3 Å². The van der Waals surface area contributed by atoms with Crippen molar-refractivity contribution in [1.29, 1.82) is 0 Å². The Morgan fingerprint density at radius 3 is 2.81 bits per heavy atom. The van der Waals surface area contributed by atoms with Crippen LogP contribution in [-0.2, 0) is 9.59 Å². The number of rotatable bonds is 2. The third kappa shape index (κ3) is 2.80. The minimum absolute atomic E-state index is 0.143. The molecule has 5 heteroatoms. The second-order valence-electron chi connectivity index (χ2n) is 6.90. The van der Waals surface area contributed by atoms with Crippen molar-refractivity contribution in [3.63, 3.8) is 0 Å². The zero-order chi connectivity index (χ0) is 14.9. The van der Waals surface area contributed by atoms with Crippen LogP contribution in [0.3, 0.4) is 0 Å². The predicted octanol–water partition coefficient (Wildman–Crippen LogP) is 0.893. The Bertz CT molecular complexity index is 418. The van der Waals surface area contributed by atoms with Crippen LogP contribution in [0.1, 0.15) is 45.4 Å². The van der Waals surface area contributed by atoms with Gasteiger partial charge in [0.05, 0.1) is 5.41 Å². The molecule has 3 fully saturated rings. The van der Waals surface area contributed by atoms with Crippen LogP contribution in [0.25, 0.3) is 0 Å². The lowest BCUT2D eigenvalue weighted by Crippen LogP contribution is -2.58. The van der Waals surface area contributed by atoms with Crippen molar-refractivity contribution in [2.75, 3.05) is 26.2 Å². The molecule has 0 spiro atoms. The Morgan fingerprint density at radius 1 is 1.33 bits per heavy atom. The summed E-state index contributed by atoms with van der Waals surface area (Å²) < 4.78 is 0. The van der Waals surface area contributed by atoms with Crippen LogP contribution in [-0.4, -0.2) is 48.9 Å². The van der Waals surface area contributed by atoms with Crippen LogP contribution < -0.4 is 10.6 Å². The van der Waals surface area contributed by atoms with E-state index in [1.807, 2.05) is 0 Å². The van der Waals surface area contributed by atoms with E-state index in [9.17, 15) is 9.59 Å². The molecule has 0 saturated carbocycles. The summed E-state index contributed by atoms with van der Waals surface area (Å²) in [7, 11) is 0. The summed E-state index contributed by atoms with van der Waals surface area (Å²) in [5, 5.41) is 6.46. The minimum Gasteiger partial charge on any atom is -0.353 e. The molecule has 3 aliphatic heterocycles. The number of nitrogens with zero attached hydrogens (tertiary/aromatic N) is 1. The van der Waals surface area contributed by atoms with Crippen molar-refractivity contribution in [2.45, 2.75) is 51.5 Å². The second-order valence-corrected chi connectivity index (χ2v) is 6.90. The molecule has 0 aromatic heterocycles. The van der Waals surface area contributed by atoms with E-state index in [4.69, 9.17) is 0 Å². The Hall–Kier alpha value is -1.10. The Balaban J connectivity index is 1.67. The molecule has 3 rings (SSSR count). The lowest BCUT2D eigenvalue weighted by Gasteiger charge is -2.45. The molecule has 0 aromatic carbocycles. The van der Waals surface area contributed by atoms with Crippen LogP contribution in [0.5, 0.6) is 0 Å². The molecule has 0 radical (unpaired) electrons. The summed E-state index contributed by atoms with van der Waals surface area (Å²) in [4.78, 5) is 26.6. The molecular weight excluding hydrogens is 266 g/mol. The van der Waals surface area contributed by atoms with Gasteiger partial charge in [-0.05, 0) is 51.1 Å². The molecule has 2 N–H and O–H groups in total. The van der Waals surface area contributed by atoms with E-state index < -0.39 is 0 Å². The summed E-state index contributed by atoms with van der Waals surface area (Å²) in [6.07, 6.45) is 5.33. The molecule has 2 amide bonds. The number of carbonyl (C=O) groups is 2. The van der Waals surface area contributed by atoms with E-state index in [1.54, 1.807) is 0 Å². The molecule has 0 aliphatic carbocycles. The van der Waals surface area contributed by atoms with Crippen LogP contribution in [0, 0.1) is 11.3 Å². The van der Waals surface area contributed by atoms with E-state index >= 15 is 0 Å². The number of amides is 2. The Labute approximate surface area is 126 Å². The van der Waals surface area contributed by atoms with Gasteiger partial charge in [0.25, 0.3) is 0 Å². The SMILES string of the molecule is CCC1(C(=O)N2CCC3NC(=O)CCC3C2)CCNCC1. The zero-order valence-corrected chi connectivity index (χ0v) is 13.0. The monoisotopic (exact) mass is 293 g/mol. The maximum absolute atomic E-state index is 13.1. The highest BCUT2D eigenvalue weighted by molar-refractivity contribution is 5.83. The van der Waals surface area contributed by atoms with Crippen molar-refractivity contribution in [3.8, 4) is 0 Å². The van der Waals surface area contributed by atoms with Gasteiger partial charge in [0.1, 0.15) is 0 Å². The van der Waals surface area contributed by atoms with Crippen LogP contribution in [0.4, 0.5) is 0 Å². The van der Waals surface area contributed by atoms with Gasteiger partial charge in [-0.3, -0.25) is 9.59 Å². The molecule has 2 atom stereocenters. The summed E-state index contributed by atoms with van der Waals surface area (Å²) in [6.45, 7) is 5.69. The van der Waals surface area contributed by atoms with Crippen molar-refractivity contribution in [2.24, 2.45) is 11.3 Å². The van der Waals surface area contributed by atoms with Crippen molar-refractivity contribution >= 4 is 11.8 Å². The summed E-state index contributed by atoms with van der Waals surface area (Å²) in [5.41, 5.74) is -0.143. The summed E-state index contributed by atoms with van der Waals surface area (Å²) >= 11 is 0. The number of hydrogen-bond acceptors (Lipinski definition) is 3. The molecule has 0 aromatic rings. The van der Waals surface area contributed by atoms with Gasteiger partial charge in [0, 0.05) is 25.6 Å². The first-order valence-electron chi connectivity index (χ1n) is 8.44. The van der Waals surface area contributed by atoms with Gasteiger partial charge in [-0.2, -0.15) is 0 Å². The van der Waals surface area contributed by atoms with Gasteiger partial charge < -0.3 is 15.5 Å². The average Bonchev–Trinajstić information content (AvgIpc) is 2.54. The maximum atomic E-state index is 13.1. The second kappa shape index (κ2) is 5.95. The topological polar surface area (TPSA) is 61.4 Å². The third-order valence-electron chi connectivity index (χ3n) is 5.80. The lowest BCUT2D eigenvalue weighted by atomic mass is 9.74. The van der Waals surface area contributed by atoms with E-state index in [1.165, 1.54) is 0 Å². The number of carbonyl (C=O) groups excluding carboxylic acids is 2. The van der Waals surface area contributed by atoms with Crippen LogP contribution in [0.15, 0.2) is 0 Å². The molecule has 21 heavy (non-hydrogen) atoms. The highest BCUT2D eigenvalue weighted by Crippen LogP contribution is 2.36. The Kier molecular flexibility index (Phi) is 4.20. The molecule has 5 nitrogen and oxygen atoms in total. The minimum atomic E-state index is -0.143. The van der Waals surface area contributed by atoms with E-state index in [0.29, 0.717) is 24.3 Å². The van der Waals surface area contributed by atoms with Crippen molar-refractivity contribution in [3.05, 3.63) is 0 Å². The highest BCUT2D eigenvalue weighted by atomic mass is 16.2. The zero-order valence-electron chi connectivity index (χ0n) is 13.0. The molecule has 3 aliphatic rings. The van der Waals surface area contributed by atoms with Gasteiger partial charge in [0.2, 0.25) is 11.8 Å². The van der Waals surface area contributed by atoms with Crippen molar-refractivity contribution < 1.29 is 9.59 Å². The van der Waals surface area contributed by atoms with Gasteiger partial charge in [-0.25, -0.2) is 0 Å². The standard InChI is InChI=1S/C16H27N3O2/c1-2-16(6-8-17-9-7-16)15(21)19-10-5-13-12(11-19)3-4-14(20)18-13/h12-13,17H,2-11H2,1H3,(H,18,20). The number of hydrogen-bond donors (Lipinski definition) is 2. The fraction of sp³-hybridized carbons (Fsp3) is 0.875. The van der Waals surface area contributed by atoms with Crippen molar-refractivity contribution in [1.82, 2.24) is 15.5 Å². The fourth-order valence-electron chi connectivity index (χ4n) is 4.25. The van der Waals surface area contributed by atoms with Gasteiger partial charge in [-0.15, -0.1) is 0 Å². The first-order chi connectivity index (χ1) is 10.1. The summed E-state index contributed by atoms with van der Waals surface area (Å²) in [5.74, 6) is 0.997. The molecule has 3 heterocycles. The number of nitrogens with one attached hydrogen (secondary N) is 2. The molecular formula is C16H27N3O2. The van der Waals surface area contributed by atoms with Gasteiger partial charge in [0.15, 0.2) is 0 Å². The van der Waals surface area contributed by atoms with E-state index in [0.717, 1.165) is 58.3 Å². The smallest absolute Gasteiger partial charge is 0.228 e. The third-order valence-corrected chi connectivity index (χ3v) is 5.80. The molecule has 3 saturated heterocycles. The number of fused-ring (bicyclic) bond motifs is 1. The lowest BCUT2D eigenvalue weighted by molar-refractivity contribution is -0.147. The quantitative estimate of drug-likeness (QED) is 0.795. The van der Waals surface area contributed by atoms with Crippen LogP contribution >= 0.6 is 0 Å². The predicted molar refractivity (Wildman–Crippen MR) is 80.7 cm³/mol. The van der Waals surface area contributed by atoms with Crippen LogP contribution in [0.2, 0.25) is 0 Å². The fourth-order valence-corrected chi connectivity index (χ4v) is 4.25. The van der Waals surface area contributed by atoms with E-state index in [2.05, 4.69) is 22.5 Å². The first-order valence-corrected chi connectivity index (χ1v) is 8.44. The molecule has 0 bridgehead atoms. The number of likely N-dealkylation sites (tertiary alicyclic amines) is 1. The van der Waals surface area contributed by atoms with Gasteiger partial charge in [-0.1, -0.05) is 6.92 Å². The largest absolute Gasteiger partial charge is 0.353 e.